The fraction of sp³-hybridized carbons (Fsp3) is 0.308. The van der Waals surface area contributed by atoms with Crippen LogP contribution in [0.3, 0.4) is 0 Å². The number of hydrogen-bond donors (Lipinski definition) is 1. The predicted octanol–water partition coefficient (Wildman–Crippen LogP) is 0.964. The molecule has 6 nitrogen and oxygen atoms in total. The molecule has 0 aliphatic rings. The Morgan fingerprint density at radius 2 is 2.05 bits per heavy atom. The van der Waals surface area contributed by atoms with Crippen LogP contribution in [-0.2, 0) is 13.5 Å². The number of nitrogens with zero attached hydrogens (tertiary/aromatic N) is 5. The SMILES string of the molecule is Cc1nn(C)c(-n2nnc3ccccc32)c1CCN. The summed E-state index contributed by atoms with van der Waals surface area (Å²) in [5.41, 5.74) is 9.66. The van der Waals surface area contributed by atoms with Gasteiger partial charge in [-0.05, 0) is 32.0 Å². The number of nitrogens with two attached hydrogens (primary N) is 1. The van der Waals surface area contributed by atoms with Crippen LogP contribution in [0.15, 0.2) is 24.3 Å². The number of aryl methyl sites for hydroxylation is 2. The molecule has 0 saturated carbocycles. The molecule has 2 N–H and O–H groups in total. The average molecular weight is 256 g/mol. The van der Waals surface area contributed by atoms with Gasteiger partial charge in [-0.15, -0.1) is 5.10 Å². The van der Waals surface area contributed by atoms with Gasteiger partial charge in [0, 0.05) is 12.6 Å². The monoisotopic (exact) mass is 256 g/mol. The molecule has 0 aliphatic carbocycles. The van der Waals surface area contributed by atoms with Gasteiger partial charge in [0.1, 0.15) is 5.52 Å². The lowest BCUT2D eigenvalue weighted by atomic mass is 10.1. The summed E-state index contributed by atoms with van der Waals surface area (Å²) in [4.78, 5) is 0. The molecule has 1 aromatic carbocycles. The Hall–Kier alpha value is -2.21. The van der Waals surface area contributed by atoms with Crippen molar-refractivity contribution in [1.82, 2.24) is 24.8 Å². The van der Waals surface area contributed by atoms with Crippen LogP contribution in [0.25, 0.3) is 16.9 Å². The third kappa shape index (κ3) is 1.80. The molecule has 0 radical (unpaired) electrons. The third-order valence-electron chi connectivity index (χ3n) is 3.26. The zero-order chi connectivity index (χ0) is 13.4. The Bertz CT molecular complexity index is 724. The smallest absolute Gasteiger partial charge is 0.157 e. The van der Waals surface area contributed by atoms with Crippen LogP contribution in [0, 0.1) is 6.92 Å². The molecule has 3 aromatic rings. The van der Waals surface area contributed by atoms with Crippen molar-refractivity contribution in [3.05, 3.63) is 35.5 Å². The summed E-state index contributed by atoms with van der Waals surface area (Å²) in [7, 11) is 1.92. The summed E-state index contributed by atoms with van der Waals surface area (Å²) < 4.78 is 3.67. The summed E-state index contributed by atoms with van der Waals surface area (Å²) in [6.07, 6.45) is 0.781. The number of fused-ring (bicyclic) bond motifs is 1. The second kappa shape index (κ2) is 4.47. The van der Waals surface area contributed by atoms with E-state index < -0.39 is 0 Å². The van der Waals surface area contributed by atoms with E-state index in [2.05, 4.69) is 15.4 Å². The van der Waals surface area contributed by atoms with Crippen LogP contribution >= 0.6 is 0 Å². The quantitative estimate of drug-likeness (QED) is 0.757. The van der Waals surface area contributed by atoms with Crippen molar-refractivity contribution in [2.75, 3.05) is 6.54 Å². The fourth-order valence-electron chi connectivity index (χ4n) is 2.42. The lowest BCUT2D eigenvalue weighted by Crippen LogP contribution is -2.10. The maximum Gasteiger partial charge on any atom is 0.157 e. The summed E-state index contributed by atoms with van der Waals surface area (Å²) in [6, 6.07) is 7.89. The van der Waals surface area contributed by atoms with Crippen LogP contribution in [0.4, 0.5) is 0 Å². The molecule has 0 bridgehead atoms. The fourth-order valence-corrected chi connectivity index (χ4v) is 2.42. The van der Waals surface area contributed by atoms with Crippen LogP contribution in [-0.4, -0.2) is 31.3 Å². The number of hydrogen-bond acceptors (Lipinski definition) is 4. The average Bonchev–Trinajstić information content (AvgIpc) is 2.92. The summed E-state index contributed by atoms with van der Waals surface area (Å²) >= 11 is 0. The van der Waals surface area contributed by atoms with Crippen LogP contribution < -0.4 is 5.73 Å². The Kier molecular flexibility index (Phi) is 2.79. The van der Waals surface area contributed by atoms with Gasteiger partial charge in [-0.25, -0.2) is 0 Å². The highest BCUT2D eigenvalue weighted by molar-refractivity contribution is 5.75. The maximum absolute atomic E-state index is 5.69. The largest absolute Gasteiger partial charge is 0.330 e. The van der Waals surface area contributed by atoms with Gasteiger partial charge >= 0.3 is 0 Å². The van der Waals surface area contributed by atoms with E-state index in [0.29, 0.717) is 6.54 Å². The molecule has 98 valence electrons. The van der Waals surface area contributed by atoms with Crippen LogP contribution in [0.2, 0.25) is 0 Å². The maximum atomic E-state index is 5.69. The van der Waals surface area contributed by atoms with Crippen LogP contribution in [0.5, 0.6) is 0 Å². The molecule has 2 aromatic heterocycles. The number of para-hydroxylation sites is 1. The summed E-state index contributed by atoms with van der Waals surface area (Å²) in [5.74, 6) is 0.941. The molecule has 0 spiro atoms. The Balaban J connectivity index is 2.26. The highest BCUT2D eigenvalue weighted by atomic mass is 15.5. The first-order valence-corrected chi connectivity index (χ1v) is 6.25. The lowest BCUT2D eigenvalue weighted by Gasteiger charge is -2.06. The molecule has 2 heterocycles. The molecule has 0 fully saturated rings. The summed E-state index contributed by atoms with van der Waals surface area (Å²) in [5, 5.41) is 12.9. The molecule has 6 heteroatoms. The number of benzene rings is 1. The van der Waals surface area contributed by atoms with Crippen molar-refractivity contribution in [2.24, 2.45) is 12.8 Å². The Morgan fingerprint density at radius 1 is 1.26 bits per heavy atom. The molecule has 0 unspecified atom stereocenters. The van der Waals surface area contributed by atoms with Crippen LogP contribution in [0.1, 0.15) is 11.3 Å². The van der Waals surface area contributed by atoms with E-state index in [1.807, 2.05) is 47.6 Å². The van der Waals surface area contributed by atoms with Gasteiger partial charge in [-0.2, -0.15) is 9.78 Å². The van der Waals surface area contributed by atoms with E-state index in [1.54, 1.807) is 0 Å². The highest BCUT2D eigenvalue weighted by Crippen LogP contribution is 2.21. The normalized spacial score (nSPS) is 11.3. The lowest BCUT2D eigenvalue weighted by molar-refractivity contribution is 0.683. The van der Waals surface area contributed by atoms with Gasteiger partial charge in [0.2, 0.25) is 0 Å². The molecule has 0 aliphatic heterocycles. The zero-order valence-corrected chi connectivity index (χ0v) is 11.0. The van der Waals surface area contributed by atoms with Gasteiger partial charge in [-0.1, -0.05) is 17.3 Å². The van der Waals surface area contributed by atoms with Crippen molar-refractivity contribution in [3.63, 3.8) is 0 Å². The molecule has 0 amide bonds. The summed E-state index contributed by atoms with van der Waals surface area (Å²) in [6.45, 7) is 2.58. The van der Waals surface area contributed by atoms with Gasteiger partial charge in [0.05, 0.1) is 11.2 Å². The van der Waals surface area contributed by atoms with Gasteiger partial charge in [0.25, 0.3) is 0 Å². The molecular formula is C13H16N6. The first-order chi connectivity index (χ1) is 9.22. The third-order valence-corrected chi connectivity index (χ3v) is 3.26. The van der Waals surface area contributed by atoms with E-state index in [9.17, 15) is 0 Å². The van der Waals surface area contributed by atoms with Crippen molar-refractivity contribution in [2.45, 2.75) is 13.3 Å². The van der Waals surface area contributed by atoms with Crippen molar-refractivity contribution >= 4 is 11.0 Å². The second-order valence-electron chi connectivity index (χ2n) is 4.54. The minimum Gasteiger partial charge on any atom is -0.330 e. The Labute approximate surface area is 110 Å². The topological polar surface area (TPSA) is 74.5 Å². The predicted molar refractivity (Wildman–Crippen MR) is 73.1 cm³/mol. The molecule has 3 rings (SSSR count). The molecule has 0 atom stereocenters. The van der Waals surface area contributed by atoms with E-state index in [0.717, 1.165) is 34.5 Å². The number of aromatic nitrogens is 5. The standard InChI is InChI=1S/C13H16N6/c1-9-10(7-8-14)13(18(2)16-9)19-12-6-4-3-5-11(12)15-17-19/h3-6H,7-8,14H2,1-2H3. The second-order valence-corrected chi connectivity index (χ2v) is 4.54. The minimum atomic E-state index is 0.589. The van der Waals surface area contributed by atoms with Crippen molar-refractivity contribution < 1.29 is 0 Å². The van der Waals surface area contributed by atoms with Gasteiger partial charge < -0.3 is 5.73 Å². The molecular weight excluding hydrogens is 240 g/mol. The highest BCUT2D eigenvalue weighted by Gasteiger charge is 2.17. The van der Waals surface area contributed by atoms with E-state index >= 15 is 0 Å². The molecule has 19 heavy (non-hydrogen) atoms. The first kappa shape index (κ1) is 11.9. The van der Waals surface area contributed by atoms with Gasteiger partial charge in [-0.3, -0.25) is 4.68 Å². The first-order valence-electron chi connectivity index (χ1n) is 6.25. The van der Waals surface area contributed by atoms with E-state index in [1.165, 1.54) is 0 Å². The van der Waals surface area contributed by atoms with E-state index in [-0.39, 0.29) is 0 Å². The Morgan fingerprint density at radius 3 is 2.84 bits per heavy atom. The zero-order valence-electron chi connectivity index (χ0n) is 11.0. The van der Waals surface area contributed by atoms with Gasteiger partial charge in [0.15, 0.2) is 5.82 Å². The van der Waals surface area contributed by atoms with Crippen molar-refractivity contribution in [1.29, 1.82) is 0 Å². The van der Waals surface area contributed by atoms with Crippen molar-refractivity contribution in [3.8, 4) is 5.82 Å². The minimum absolute atomic E-state index is 0.589. The molecule has 0 saturated heterocycles. The number of rotatable bonds is 3. The van der Waals surface area contributed by atoms with E-state index in [4.69, 9.17) is 5.73 Å².